The molecule has 0 atom stereocenters. The van der Waals surface area contributed by atoms with Crippen LogP contribution in [-0.4, -0.2) is 10.9 Å². The van der Waals surface area contributed by atoms with Crippen LogP contribution in [-0.2, 0) is 4.79 Å². The maximum Gasteiger partial charge on any atom is 0.224 e. The van der Waals surface area contributed by atoms with E-state index in [-0.39, 0.29) is 16.5 Å². The van der Waals surface area contributed by atoms with Crippen LogP contribution in [0.2, 0.25) is 0 Å². The Kier molecular flexibility index (Phi) is 5.22. The van der Waals surface area contributed by atoms with Crippen molar-refractivity contribution >= 4 is 28.8 Å². The number of amides is 1. The predicted octanol–water partition coefficient (Wildman–Crippen LogP) is 2.83. The smallest absolute Gasteiger partial charge is 0.224 e. The van der Waals surface area contributed by atoms with E-state index in [9.17, 15) is 9.18 Å². The van der Waals surface area contributed by atoms with E-state index in [0.29, 0.717) is 18.0 Å². The number of carbonyl (C=O) groups is 1. The molecule has 1 aromatic rings. The lowest BCUT2D eigenvalue weighted by Gasteiger charge is -2.08. The van der Waals surface area contributed by atoms with Gasteiger partial charge in [-0.2, -0.15) is 0 Å². The average Bonchev–Trinajstić information content (AvgIpc) is 2.28. The second-order valence-electron chi connectivity index (χ2n) is 4.54. The fraction of sp³-hybridized carbons (Fsp3) is 0.385. The highest BCUT2D eigenvalue weighted by Crippen LogP contribution is 2.15. The third kappa shape index (κ3) is 4.41. The molecule has 0 aliphatic rings. The fourth-order valence-electron chi connectivity index (χ4n) is 1.44. The Morgan fingerprint density at radius 1 is 1.50 bits per heavy atom. The Labute approximate surface area is 112 Å². The molecule has 18 heavy (non-hydrogen) atoms. The standard InChI is InChI=1S/C13H17FN2OS/c1-8(2)3-6-12(17)16-9-4-5-11(14)10(7-9)13(15)18/h4-5,7-8H,3,6H2,1-2H3,(H2,15,18)(H,16,17). The number of carbonyl (C=O) groups excluding carboxylic acids is 1. The topological polar surface area (TPSA) is 55.1 Å². The molecule has 0 unspecified atom stereocenters. The van der Waals surface area contributed by atoms with Crippen LogP contribution in [0.5, 0.6) is 0 Å². The quantitative estimate of drug-likeness (QED) is 0.807. The molecule has 0 bridgehead atoms. The number of nitrogens with one attached hydrogen (secondary N) is 1. The first-order valence-electron chi connectivity index (χ1n) is 5.79. The van der Waals surface area contributed by atoms with E-state index in [4.69, 9.17) is 18.0 Å². The molecule has 3 N–H and O–H groups in total. The van der Waals surface area contributed by atoms with E-state index in [2.05, 4.69) is 19.2 Å². The van der Waals surface area contributed by atoms with E-state index >= 15 is 0 Å². The van der Waals surface area contributed by atoms with Crippen LogP contribution in [0, 0.1) is 11.7 Å². The first kappa shape index (κ1) is 14.6. The molecule has 0 spiro atoms. The molecule has 0 fully saturated rings. The summed E-state index contributed by atoms with van der Waals surface area (Å²) in [6.07, 6.45) is 1.26. The van der Waals surface area contributed by atoms with E-state index in [0.717, 1.165) is 6.42 Å². The molecule has 0 radical (unpaired) electrons. The van der Waals surface area contributed by atoms with Crippen molar-refractivity contribution in [2.45, 2.75) is 26.7 Å². The lowest BCUT2D eigenvalue weighted by molar-refractivity contribution is -0.116. The van der Waals surface area contributed by atoms with Crippen molar-refractivity contribution in [2.24, 2.45) is 11.7 Å². The Morgan fingerprint density at radius 2 is 2.17 bits per heavy atom. The van der Waals surface area contributed by atoms with Gasteiger partial charge in [0.2, 0.25) is 5.91 Å². The number of thiocarbonyl (C=S) groups is 1. The van der Waals surface area contributed by atoms with Gasteiger partial charge < -0.3 is 11.1 Å². The molecule has 1 amide bonds. The van der Waals surface area contributed by atoms with E-state index in [1.165, 1.54) is 18.2 Å². The number of rotatable bonds is 5. The van der Waals surface area contributed by atoms with Crippen LogP contribution in [0.4, 0.5) is 10.1 Å². The number of nitrogens with two attached hydrogens (primary N) is 1. The lowest BCUT2D eigenvalue weighted by Crippen LogP contribution is -2.15. The van der Waals surface area contributed by atoms with E-state index < -0.39 is 5.82 Å². The minimum absolute atomic E-state index is 0.0224. The molecule has 0 aliphatic heterocycles. The summed E-state index contributed by atoms with van der Waals surface area (Å²) in [6.45, 7) is 4.10. The van der Waals surface area contributed by atoms with Crippen LogP contribution in [0.15, 0.2) is 18.2 Å². The summed E-state index contributed by atoms with van der Waals surface area (Å²) < 4.78 is 13.3. The van der Waals surface area contributed by atoms with E-state index in [1.807, 2.05) is 0 Å². The molecular formula is C13H17FN2OS. The number of hydrogen-bond donors (Lipinski definition) is 2. The molecule has 5 heteroatoms. The summed E-state index contributed by atoms with van der Waals surface area (Å²) in [4.78, 5) is 11.6. The van der Waals surface area contributed by atoms with Gasteiger partial charge in [-0.1, -0.05) is 26.1 Å². The summed E-state index contributed by atoms with van der Waals surface area (Å²) in [5, 5.41) is 2.70. The largest absolute Gasteiger partial charge is 0.389 e. The molecule has 1 rings (SSSR count). The zero-order valence-corrected chi connectivity index (χ0v) is 11.3. The summed E-state index contributed by atoms with van der Waals surface area (Å²) in [6, 6.07) is 4.18. The number of anilines is 1. The Hall–Kier alpha value is -1.49. The molecule has 3 nitrogen and oxygen atoms in total. The van der Waals surface area contributed by atoms with Gasteiger partial charge in [-0.3, -0.25) is 4.79 Å². The van der Waals surface area contributed by atoms with Crippen molar-refractivity contribution in [1.82, 2.24) is 0 Å². The summed E-state index contributed by atoms with van der Waals surface area (Å²) >= 11 is 4.73. The molecule has 0 aromatic heterocycles. The monoisotopic (exact) mass is 268 g/mol. The van der Waals surface area contributed by atoms with Gasteiger partial charge in [0.25, 0.3) is 0 Å². The van der Waals surface area contributed by atoms with Crippen LogP contribution in [0.1, 0.15) is 32.3 Å². The molecule has 1 aromatic carbocycles. The second-order valence-corrected chi connectivity index (χ2v) is 4.98. The van der Waals surface area contributed by atoms with Gasteiger partial charge in [-0.05, 0) is 30.5 Å². The minimum Gasteiger partial charge on any atom is -0.389 e. The van der Waals surface area contributed by atoms with Gasteiger partial charge in [0, 0.05) is 17.7 Å². The van der Waals surface area contributed by atoms with Crippen molar-refractivity contribution in [3.8, 4) is 0 Å². The average molecular weight is 268 g/mol. The van der Waals surface area contributed by atoms with Crippen LogP contribution in [0.3, 0.4) is 0 Å². The maximum absolute atomic E-state index is 13.3. The van der Waals surface area contributed by atoms with Crippen molar-refractivity contribution in [2.75, 3.05) is 5.32 Å². The maximum atomic E-state index is 13.3. The highest BCUT2D eigenvalue weighted by Gasteiger charge is 2.08. The van der Waals surface area contributed by atoms with Crippen LogP contribution < -0.4 is 11.1 Å². The Bertz CT molecular complexity index is 460. The summed E-state index contributed by atoms with van der Waals surface area (Å²) in [5.74, 6) is -0.108. The fourth-order valence-corrected chi connectivity index (χ4v) is 1.59. The summed E-state index contributed by atoms with van der Waals surface area (Å²) in [7, 11) is 0. The highest BCUT2D eigenvalue weighted by atomic mass is 32.1. The molecule has 0 saturated heterocycles. The first-order valence-corrected chi connectivity index (χ1v) is 6.20. The molecule has 0 heterocycles. The van der Waals surface area contributed by atoms with Crippen molar-refractivity contribution in [3.05, 3.63) is 29.6 Å². The predicted molar refractivity (Wildman–Crippen MR) is 75.0 cm³/mol. The molecule has 0 saturated carbocycles. The van der Waals surface area contributed by atoms with Gasteiger partial charge in [-0.15, -0.1) is 0 Å². The normalized spacial score (nSPS) is 10.4. The molecule has 98 valence electrons. The van der Waals surface area contributed by atoms with Gasteiger partial charge >= 0.3 is 0 Å². The lowest BCUT2D eigenvalue weighted by atomic mass is 10.1. The number of hydrogen-bond acceptors (Lipinski definition) is 2. The van der Waals surface area contributed by atoms with Crippen molar-refractivity contribution < 1.29 is 9.18 Å². The minimum atomic E-state index is -0.484. The Balaban J connectivity index is 2.70. The number of halogens is 1. The summed E-state index contributed by atoms with van der Waals surface area (Å²) in [5.41, 5.74) is 6.04. The van der Waals surface area contributed by atoms with Gasteiger partial charge in [-0.25, -0.2) is 4.39 Å². The van der Waals surface area contributed by atoms with Crippen molar-refractivity contribution in [3.63, 3.8) is 0 Å². The third-order valence-electron chi connectivity index (χ3n) is 2.46. The Morgan fingerprint density at radius 3 is 2.72 bits per heavy atom. The zero-order valence-electron chi connectivity index (χ0n) is 10.5. The third-order valence-corrected chi connectivity index (χ3v) is 2.68. The second kappa shape index (κ2) is 6.44. The highest BCUT2D eigenvalue weighted by molar-refractivity contribution is 7.80. The zero-order chi connectivity index (χ0) is 13.7. The SMILES string of the molecule is CC(C)CCC(=O)Nc1ccc(F)c(C(N)=S)c1. The van der Waals surface area contributed by atoms with E-state index in [1.54, 1.807) is 0 Å². The van der Waals surface area contributed by atoms with Crippen molar-refractivity contribution in [1.29, 1.82) is 0 Å². The first-order chi connectivity index (χ1) is 8.40. The number of benzene rings is 1. The van der Waals surface area contributed by atoms with Crippen LogP contribution in [0.25, 0.3) is 0 Å². The van der Waals surface area contributed by atoms with Gasteiger partial charge in [0.1, 0.15) is 10.8 Å². The molecule has 0 aliphatic carbocycles. The van der Waals surface area contributed by atoms with Gasteiger partial charge in [0.15, 0.2) is 0 Å². The van der Waals surface area contributed by atoms with Crippen LogP contribution >= 0.6 is 12.2 Å². The molecular weight excluding hydrogens is 251 g/mol. The van der Waals surface area contributed by atoms with Gasteiger partial charge in [0.05, 0.1) is 0 Å².